The van der Waals surface area contributed by atoms with Crippen LogP contribution in [0.3, 0.4) is 0 Å². The number of amides is 1. The number of nitrogens with zero attached hydrogens (tertiary/aromatic N) is 2. The van der Waals surface area contributed by atoms with Crippen LogP contribution in [-0.4, -0.2) is 22.3 Å². The Morgan fingerprint density at radius 1 is 1.28 bits per heavy atom. The molecule has 1 unspecified atom stereocenters. The van der Waals surface area contributed by atoms with E-state index in [4.69, 9.17) is 0 Å². The van der Waals surface area contributed by atoms with Crippen LogP contribution < -0.4 is 0 Å². The summed E-state index contributed by atoms with van der Waals surface area (Å²) in [4.78, 5) is 23.8. The fraction of sp³-hybridized carbons (Fsp3) is 0.462. The van der Waals surface area contributed by atoms with Crippen LogP contribution in [0.25, 0.3) is 0 Å². The van der Waals surface area contributed by atoms with Crippen LogP contribution in [0.2, 0.25) is 0 Å². The first-order valence-electron chi connectivity index (χ1n) is 6.13. The first-order valence-corrected chi connectivity index (χ1v) is 6.13. The summed E-state index contributed by atoms with van der Waals surface area (Å²) in [5, 5.41) is 10.6. The molecule has 18 heavy (non-hydrogen) atoms. The number of piperidine rings is 1. The van der Waals surface area contributed by atoms with Gasteiger partial charge in [-0.05, 0) is 25.3 Å². The number of benzene rings is 1. The molecule has 5 nitrogen and oxygen atoms in total. The number of likely N-dealkylation sites (tertiary alicyclic amines) is 1. The summed E-state index contributed by atoms with van der Waals surface area (Å²) in [5.41, 5.74) is 1.02. The summed E-state index contributed by atoms with van der Waals surface area (Å²) in [6.07, 6.45) is 2.60. The summed E-state index contributed by atoms with van der Waals surface area (Å²) >= 11 is 0. The monoisotopic (exact) mass is 248 g/mol. The van der Waals surface area contributed by atoms with Gasteiger partial charge < -0.3 is 4.90 Å². The van der Waals surface area contributed by atoms with Gasteiger partial charge >= 0.3 is 0 Å². The van der Waals surface area contributed by atoms with Gasteiger partial charge in [-0.25, -0.2) is 0 Å². The quantitative estimate of drug-likeness (QED) is 0.610. The predicted octanol–water partition coefficient (Wildman–Crippen LogP) is 2.67. The van der Waals surface area contributed by atoms with Gasteiger partial charge in [-0.15, -0.1) is 0 Å². The zero-order valence-corrected chi connectivity index (χ0v) is 10.3. The fourth-order valence-electron chi connectivity index (χ4n) is 2.29. The van der Waals surface area contributed by atoms with E-state index in [1.54, 1.807) is 12.1 Å². The zero-order chi connectivity index (χ0) is 13.1. The number of rotatable bonds is 3. The molecule has 1 aliphatic heterocycles. The Balaban J connectivity index is 2.15. The maximum absolute atomic E-state index is 11.8. The summed E-state index contributed by atoms with van der Waals surface area (Å²) in [6.45, 7) is 2.74. The van der Waals surface area contributed by atoms with Crippen molar-refractivity contribution in [2.75, 3.05) is 6.54 Å². The van der Waals surface area contributed by atoms with Crippen LogP contribution in [0, 0.1) is 10.1 Å². The highest BCUT2D eigenvalue weighted by Gasteiger charge is 2.24. The van der Waals surface area contributed by atoms with E-state index in [-0.39, 0.29) is 17.6 Å². The van der Waals surface area contributed by atoms with E-state index >= 15 is 0 Å². The lowest BCUT2D eigenvalue weighted by Crippen LogP contribution is -2.37. The lowest BCUT2D eigenvalue weighted by atomic mass is 10.0. The molecule has 0 spiro atoms. The van der Waals surface area contributed by atoms with Crippen molar-refractivity contribution in [2.24, 2.45) is 0 Å². The number of carbonyl (C=O) groups is 1. The fourth-order valence-corrected chi connectivity index (χ4v) is 2.29. The van der Waals surface area contributed by atoms with Crippen LogP contribution >= 0.6 is 0 Å². The van der Waals surface area contributed by atoms with Crippen molar-refractivity contribution >= 4 is 11.6 Å². The van der Waals surface area contributed by atoms with E-state index in [0.717, 1.165) is 24.9 Å². The molecule has 5 heteroatoms. The topological polar surface area (TPSA) is 63.5 Å². The molecule has 0 saturated carbocycles. The third-order valence-electron chi connectivity index (χ3n) is 3.41. The Kier molecular flexibility index (Phi) is 3.60. The normalized spacial score (nSPS) is 17.6. The third kappa shape index (κ3) is 2.50. The van der Waals surface area contributed by atoms with Gasteiger partial charge in [-0.1, -0.05) is 12.1 Å². The second-order valence-electron chi connectivity index (χ2n) is 4.57. The van der Waals surface area contributed by atoms with Crippen molar-refractivity contribution in [3.8, 4) is 0 Å². The Morgan fingerprint density at radius 3 is 2.50 bits per heavy atom. The Labute approximate surface area is 106 Å². The van der Waals surface area contributed by atoms with Gasteiger partial charge in [-0.3, -0.25) is 14.9 Å². The highest BCUT2D eigenvalue weighted by atomic mass is 16.6. The molecule has 1 aliphatic rings. The summed E-state index contributed by atoms with van der Waals surface area (Å²) in [5.74, 6) is 0.173. The molecule has 1 fully saturated rings. The number of nitro groups is 1. The van der Waals surface area contributed by atoms with Crippen molar-refractivity contribution in [1.29, 1.82) is 0 Å². The molecule has 0 N–H and O–H groups in total. The molecule has 1 aromatic carbocycles. The van der Waals surface area contributed by atoms with E-state index in [1.165, 1.54) is 12.1 Å². The van der Waals surface area contributed by atoms with Gasteiger partial charge in [0.15, 0.2) is 0 Å². The highest BCUT2D eigenvalue weighted by molar-refractivity contribution is 5.77. The second-order valence-corrected chi connectivity index (χ2v) is 4.57. The van der Waals surface area contributed by atoms with Gasteiger partial charge in [0.25, 0.3) is 5.69 Å². The van der Waals surface area contributed by atoms with Crippen molar-refractivity contribution in [1.82, 2.24) is 4.90 Å². The lowest BCUT2D eigenvalue weighted by molar-refractivity contribution is -0.384. The van der Waals surface area contributed by atoms with E-state index in [2.05, 4.69) is 0 Å². The number of nitro benzene ring substituents is 1. The summed E-state index contributed by atoms with van der Waals surface area (Å²) in [6, 6.07) is 6.41. The van der Waals surface area contributed by atoms with E-state index in [9.17, 15) is 14.9 Å². The maximum atomic E-state index is 11.8. The van der Waals surface area contributed by atoms with Gasteiger partial charge in [0.05, 0.1) is 11.0 Å². The number of carbonyl (C=O) groups excluding carboxylic acids is 1. The van der Waals surface area contributed by atoms with Gasteiger partial charge in [-0.2, -0.15) is 0 Å². The molecule has 1 heterocycles. The minimum Gasteiger partial charge on any atom is -0.336 e. The van der Waals surface area contributed by atoms with Crippen molar-refractivity contribution in [2.45, 2.75) is 32.2 Å². The van der Waals surface area contributed by atoms with Crippen molar-refractivity contribution in [3.63, 3.8) is 0 Å². The van der Waals surface area contributed by atoms with Gasteiger partial charge in [0, 0.05) is 25.1 Å². The van der Waals surface area contributed by atoms with Crippen LogP contribution in [0.5, 0.6) is 0 Å². The lowest BCUT2D eigenvalue weighted by Gasteiger charge is -2.32. The molecule has 0 bridgehead atoms. The molecule has 1 saturated heterocycles. The minimum atomic E-state index is -0.416. The Morgan fingerprint density at radius 2 is 1.94 bits per heavy atom. The molecule has 1 atom stereocenters. The number of non-ortho nitro benzene ring substituents is 1. The van der Waals surface area contributed by atoms with Crippen LogP contribution in [-0.2, 0) is 4.79 Å². The Hall–Kier alpha value is -1.91. The van der Waals surface area contributed by atoms with Gasteiger partial charge in [0.2, 0.25) is 5.91 Å². The molecule has 0 aliphatic carbocycles. The van der Waals surface area contributed by atoms with Crippen LogP contribution in [0.15, 0.2) is 24.3 Å². The highest BCUT2D eigenvalue weighted by Crippen LogP contribution is 2.26. The minimum absolute atomic E-state index is 0.0152. The van der Waals surface area contributed by atoms with Crippen LogP contribution in [0.4, 0.5) is 5.69 Å². The smallest absolute Gasteiger partial charge is 0.269 e. The van der Waals surface area contributed by atoms with Gasteiger partial charge in [0.1, 0.15) is 0 Å². The molecule has 2 rings (SSSR count). The molecule has 1 aromatic rings. The number of hydrogen-bond donors (Lipinski definition) is 0. The van der Waals surface area contributed by atoms with E-state index in [1.807, 2.05) is 11.8 Å². The van der Waals surface area contributed by atoms with E-state index < -0.39 is 4.92 Å². The SMILES string of the molecule is CC(c1ccc([N+](=O)[O-])cc1)N1CCCCC1=O. The molecule has 0 radical (unpaired) electrons. The maximum Gasteiger partial charge on any atom is 0.269 e. The Bertz CT molecular complexity index is 456. The average Bonchev–Trinajstić information content (AvgIpc) is 2.38. The molecule has 0 aromatic heterocycles. The van der Waals surface area contributed by atoms with E-state index in [0.29, 0.717) is 6.42 Å². The molecule has 1 amide bonds. The van der Waals surface area contributed by atoms with Crippen molar-refractivity contribution < 1.29 is 9.72 Å². The molecular formula is C13H16N2O3. The first-order chi connectivity index (χ1) is 8.59. The zero-order valence-electron chi connectivity index (χ0n) is 10.3. The van der Waals surface area contributed by atoms with Crippen molar-refractivity contribution in [3.05, 3.63) is 39.9 Å². The molecular weight excluding hydrogens is 232 g/mol. The first kappa shape index (κ1) is 12.5. The third-order valence-corrected chi connectivity index (χ3v) is 3.41. The second kappa shape index (κ2) is 5.16. The number of hydrogen-bond acceptors (Lipinski definition) is 3. The summed E-state index contributed by atoms with van der Waals surface area (Å²) < 4.78 is 0. The largest absolute Gasteiger partial charge is 0.336 e. The summed E-state index contributed by atoms with van der Waals surface area (Å²) in [7, 11) is 0. The predicted molar refractivity (Wildman–Crippen MR) is 67.1 cm³/mol. The van der Waals surface area contributed by atoms with Crippen LogP contribution in [0.1, 0.15) is 37.8 Å². The average molecular weight is 248 g/mol. The molecule has 96 valence electrons. The standard InChI is InChI=1S/C13H16N2O3/c1-10(14-9-3-2-4-13(14)16)11-5-7-12(8-6-11)15(17)18/h5-8,10H,2-4,9H2,1H3.